The lowest BCUT2D eigenvalue weighted by molar-refractivity contribution is -0.119. The summed E-state index contributed by atoms with van der Waals surface area (Å²) >= 11 is 0. The third kappa shape index (κ3) is 3.65. The summed E-state index contributed by atoms with van der Waals surface area (Å²) in [7, 11) is 0. The number of benzene rings is 1. The van der Waals surface area contributed by atoms with Crippen LogP contribution in [0, 0.1) is 0 Å². The molecule has 1 atom stereocenters. The van der Waals surface area contributed by atoms with Gasteiger partial charge in [0.15, 0.2) is 0 Å². The zero-order chi connectivity index (χ0) is 14.7. The Hall–Kier alpha value is -1.35. The van der Waals surface area contributed by atoms with E-state index in [2.05, 4.69) is 40.5 Å². The number of carbonyl (C=O) groups is 1. The maximum atomic E-state index is 11.2. The first-order chi connectivity index (χ1) is 10.2. The lowest BCUT2D eigenvalue weighted by Crippen LogP contribution is -2.40. The number of nitrogens with one attached hydrogen (secondary N) is 1. The topological polar surface area (TPSA) is 32.3 Å². The van der Waals surface area contributed by atoms with Gasteiger partial charge in [-0.25, -0.2) is 0 Å². The molecule has 1 aromatic carbocycles. The number of rotatable bonds is 3. The number of hydrogen-bond acceptors (Lipinski definition) is 2. The van der Waals surface area contributed by atoms with Gasteiger partial charge in [0.25, 0.3) is 0 Å². The van der Waals surface area contributed by atoms with Gasteiger partial charge in [0.05, 0.1) is 0 Å². The summed E-state index contributed by atoms with van der Waals surface area (Å²) in [5.74, 6) is 0.853. The minimum absolute atomic E-state index is 0.106. The van der Waals surface area contributed by atoms with E-state index >= 15 is 0 Å². The summed E-state index contributed by atoms with van der Waals surface area (Å²) < 4.78 is 0. The van der Waals surface area contributed by atoms with Gasteiger partial charge in [-0.15, -0.1) is 0 Å². The van der Waals surface area contributed by atoms with Gasteiger partial charge in [0.1, 0.15) is 0 Å². The largest absolute Gasteiger partial charge is 0.352 e. The molecule has 3 rings (SSSR count). The monoisotopic (exact) mass is 286 g/mol. The first-order valence-corrected chi connectivity index (χ1v) is 8.28. The lowest BCUT2D eigenvalue weighted by atomic mass is 9.81. The van der Waals surface area contributed by atoms with Crippen LogP contribution in [-0.4, -0.2) is 36.0 Å². The highest BCUT2D eigenvalue weighted by Crippen LogP contribution is 2.35. The molecule has 2 aliphatic rings. The molecule has 1 aliphatic heterocycles. The Balaban J connectivity index is 1.49. The van der Waals surface area contributed by atoms with Crippen LogP contribution in [0.15, 0.2) is 30.3 Å². The fourth-order valence-electron chi connectivity index (χ4n) is 4.02. The Bertz CT molecular complexity index is 465. The van der Waals surface area contributed by atoms with Crippen molar-refractivity contribution in [2.75, 3.05) is 13.1 Å². The Morgan fingerprint density at radius 3 is 2.48 bits per heavy atom. The molecule has 1 unspecified atom stereocenters. The van der Waals surface area contributed by atoms with Crippen LogP contribution in [0.4, 0.5) is 0 Å². The van der Waals surface area contributed by atoms with Gasteiger partial charge < -0.3 is 5.32 Å². The highest BCUT2D eigenvalue weighted by Gasteiger charge is 2.31. The van der Waals surface area contributed by atoms with Crippen LogP contribution in [0.2, 0.25) is 0 Å². The smallest absolute Gasteiger partial charge is 0.217 e. The van der Waals surface area contributed by atoms with Crippen LogP contribution in [0.1, 0.15) is 50.5 Å². The van der Waals surface area contributed by atoms with Gasteiger partial charge in [-0.1, -0.05) is 30.3 Å². The number of carbonyl (C=O) groups excluding carboxylic acids is 1. The minimum Gasteiger partial charge on any atom is -0.352 e. The van der Waals surface area contributed by atoms with Crippen molar-refractivity contribution in [2.45, 2.75) is 57.0 Å². The molecule has 2 fully saturated rings. The molecule has 114 valence electrons. The molecule has 3 nitrogen and oxygen atoms in total. The molecule has 3 heteroatoms. The maximum Gasteiger partial charge on any atom is 0.217 e. The Morgan fingerprint density at radius 2 is 1.81 bits per heavy atom. The second-order valence-corrected chi connectivity index (χ2v) is 6.60. The van der Waals surface area contributed by atoms with Gasteiger partial charge in [-0.3, -0.25) is 9.69 Å². The molecule has 1 N–H and O–H groups in total. The number of amides is 1. The van der Waals surface area contributed by atoms with Crippen molar-refractivity contribution >= 4 is 5.91 Å². The Kier molecular flexibility index (Phi) is 4.59. The van der Waals surface area contributed by atoms with Crippen molar-refractivity contribution in [2.24, 2.45) is 0 Å². The van der Waals surface area contributed by atoms with Crippen LogP contribution >= 0.6 is 0 Å². The summed E-state index contributed by atoms with van der Waals surface area (Å²) in [6.07, 6.45) is 6.31. The standard InChI is InChI=1S/C18H26N2O/c1-14(21)19-17-11-12-20(13-17)18-9-7-16(8-10-18)15-5-3-2-4-6-15/h2-6,16-18H,7-13H2,1H3,(H,19,21). The van der Waals surface area contributed by atoms with Crippen molar-refractivity contribution in [3.8, 4) is 0 Å². The predicted octanol–water partition coefficient (Wildman–Crippen LogP) is 2.92. The first kappa shape index (κ1) is 14.6. The quantitative estimate of drug-likeness (QED) is 0.926. The van der Waals surface area contributed by atoms with Crippen LogP contribution in [0.25, 0.3) is 0 Å². The molecule has 0 aromatic heterocycles. The van der Waals surface area contributed by atoms with Crippen LogP contribution in [0.3, 0.4) is 0 Å². The normalized spacial score (nSPS) is 30.2. The molecule has 1 saturated heterocycles. The van der Waals surface area contributed by atoms with Crippen molar-refractivity contribution in [1.82, 2.24) is 10.2 Å². The molecule has 0 radical (unpaired) electrons. The molecular formula is C18H26N2O. The first-order valence-electron chi connectivity index (χ1n) is 8.28. The average Bonchev–Trinajstić information content (AvgIpc) is 2.96. The van der Waals surface area contributed by atoms with E-state index in [0.29, 0.717) is 6.04 Å². The third-order valence-electron chi connectivity index (χ3n) is 5.11. The van der Waals surface area contributed by atoms with E-state index < -0.39 is 0 Å². The van der Waals surface area contributed by atoms with Gasteiger partial charge in [0, 0.05) is 32.1 Å². The van der Waals surface area contributed by atoms with Crippen LogP contribution < -0.4 is 5.32 Å². The number of hydrogen-bond donors (Lipinski definition) is 1. The van der Waals surface area contributed by atoms with E-state index in [1.165, 1.54) is 31.2 Å². The van der Waals surface area contributed by atoms with E-state index in [9.17, 15) is 4.79 Å². The summed E-state index contributed by atoms with van der Waals surface area (Å²) in [4.78, 5) is 13.8. The summed E-state index contributed by atoms with van der Waals surface area (Å²) in [6.45, 7) is 3.81. The van der Waals surface area contributed by atoms with Gasteiger partial charge in [-0.05, 0) is 43.6 Å². The van der Waals surface area contributed by atoms with E-state index in [4.69, 9.17) is 0 Å². The van der Waals surface area contributed by atoms with Gasteiger partial charge >= 0.3 is 0 Å². The number of likely N-dealkylation sites (tertiary alicyclic amines) is 1. The van der Waals surface area contributed by atoms with E-state index in [1.54, 1.807) is 6.92 Å². The summed E-state index contributed by atoms with van der Waals surface area (Å²) in [5.41, 5.74) is 1.51. The second kappa shape index (κ2) is 6.61. The van der Waals surface area contributed by atoms with Crippen molar-refractivity contribution in [3.63, 3.8) is 0 Å². The summed E-state index contributed by atoms with van der Waals surface area (Å²) in [5, 5.41) is 3.06. The lowest BCUT2D eigenvalue weighted by Gasteiger charge is -2.35. The number of nitrogens with zero attached hydrogens (tertiary/aromatic N) is 1. The maximum absolute atomic E-state index is 11.2. The second-order valence-electron chi connectivity index (χ2n) is 6.60. The molecule has 1 aliphatic carbocycles. The molecule has 21 heavy (non-hydrogen) atoms. The van der Waals surface area contributed by atoms with E-state index in [1.807, 2.05) is 0 Å². The van der Waals surface area contributed by atoms with Gasteiger partial charge in [-0.2, -0.15) is 0 Å². The van der Waals surface area contributed by atoms with Gasteiger partial charge in [0.2, 0.25) is 5.91 Å². The third-order valence-corrected chi connectivity index (χ3v) is 5.11. The SMILES string of the molecule is CC(=O)NC1CCN(C2CCC(c3ccccc3)CC2)C1. The Labute approximate surface area is 127 Å². The van der Waals surface area contributed by atoms with Crippen LogP contribution in [0.5, 0.6) is 0 Å². The highest BCUT2D eigenvalue weighted by atomic mass is 16.1. The fraction of sp³-hybridized carbons (Fsp3) is 0.611. The fourth-order valence-corrected chi connectivity index (χ4v) is 4.02. The molecule has 0 bridgehead atoms. The zero-order valence-corrected chi connectivity index (χ0v) is 12.9. The summed E-state index contributed by atoms with van der Waals surface area (Å²) in [6, 6.07) is 12.0. The van der Waals surface area contributed by atoms with E-state index in [-0.39, 0.29) is 5.91 Å². The van der Waals surface area contributed by atoms with E-state index in [0.717, 1.165) is 31.5 Å². The van der Waals surface area contributed by atoms with Crippen molar-refractivity contribution in [1.29, 1.82) is 0 Å². The molecule has 1 aromatic rings. The van der Waals surface area contributed by atoms with Crippen molar-refractivity contribution in [3.05, 3.63) is 35.9 Å². The minimum atomic E-state index is 0.106. The molecule has 0 spiro atoms. The molecule has 1 amide bonds. The Morgan fingerprint density at radius 1 is 1.10 bits per heavy atom. The predicted molar refractivity (Wildman–Crippen MR) is 85.2 cm³/mol. The van der Waals surface area contributed by atoms with Crippen molar-refractivity contribution < 1.29 is 4.79 Å². The zero-order valence-electron chi connectivity index (χ0n) is 12.9. The highest BCUT2D eigenvalue weighted by molar-refractivity contribution is 5.73. The molecular weight excluding hydrogens is 260 g/mol. The molecule has 1 heterocycles. The molecule has 1 saturated carbocycles. The average molecular weight is 286 g/mol. The van der Waals surface area contributed by atoms with Crippen LogP contribution in [-0.2, 0) is 4.79 Å².